The Morgan fingerprint density at radius 3 is 2.47 bits per heavy atom. The van der Waals surface area contributed by atoms with Gasteiger partial charge in [0.25, 0.3) is 5.78 Å². The highest BCUT2D eigenvalue weighted by atomic mass is 16.5. The van der Waals surface area contributed by atoms with Gasteiger partial charge in [0.2, 0.25) is 0 Å². The SMILES string of the molecule is COCc1ccccc1C(=O)C(=O)OC. The van der Waals surface area contributed by atoms with Gasteiger partial charge in [-0.25, -0.2) is 4.79 Å². The molecule has 0 bridgehead atoms. The van der Waals surface area contributed by atoms with Gasteiger partial charge in [0.05, 0.1) is 13.7 Å². The fourth-order valence-electron chi connectivity index (χ4n) is 1.23. The van der Waals surface area contributed by atoms with Crippen LogP contribution >= 0.6 is 0 Å². The molecule has 0 saturated heterocycles. The molecule has 0 aliphatic heterocycles. The maximum Gasteiger partial charge on any atom is 0.379 e. The number of hydrogen-bond donors (Lipinski definition) is 0. The lowest BCUT2D eigenvalue weighted by atomic mass is 10.0. The molecule has 0 N–H and O–H groups in total. The molecule has 0 aliphatic rings. The van der Waals surface area contributed by atoms with Crippen LogP contribution in [0.4, 0.5) is 0 Å². The van der Waals surface area contributed by atoms with Gasteiger partial charge in [-0.2, -0.15) is 0 Å². The molecular weight excluding hydrogens is 196 g/mol. The van der Waals surface area contributed by atoms with Gasteiger partial charge in [0.15, 0.2) is 0 Å². The molecule has 0 unspecified atom stereocenters. The molecule has 80 valence electrons. The molecular formula is C11H12O4. The summed E-state index contributed by atoms with van der Waals surface area (Å²) in [6.45, 7) is 0.291. The molecule has 0 heterocycles. The zero-order valence-corrected chi connectivity index (χ0v) is 8.65. The lowest BCUT2D eigenvalue weighted by Crippen LogP contribution is -2.17. The van der Waals surface area contributed by atoms with Crippen LogP contribution in [0.25, 0.3) is 0 Å². The molecule has 1 aromatic carbocycles. The minimum atomic E-state index is -0.862. The van der Waals surface area contributed by atoms with Crippen LogP contribution in [0.1, 0.15) is 15.9 Å². The van der Waals surface area contributed by atoms with Crippen molar-refractivity contribution in [3.63, 3.8) is 0 Å². The molecule has 0 spiro atoms. The van der Waals surface area contributed by atoms with E-state index in [4.69, 9.17) is 4.74 Å². The van der Waals surface area contributed by atoms with Crippen molar-refractivity contribution < 1.29 is 19.1 Å². The molecule has 0 amide bonds. The summed E-state index contributed by atoms with van der Waals surface area (Å²) < 4.78 is 9.30. The van der Waals surface area contributed by atoms with E-state index in [1.807, 2.05) is 0 Å². The molecule has 0 aromatic heterocycles. The van der Waals surface area contributed by atoms with Crippen molar-refractivity contribution in [2.24, 2.45) is 0 Å². The number of esters is 1. The van der Waals surface area contributed by atoms with Crippen LogP contribution in [0, 0.1) is 0 Å². The Morgan fingerprint density at radius 2 is 1.87 bits per heavy atom. The number of ketones is 1. The van der Waals surface area contributed by atoms with Crippen molar-refractivity contribution in [1.82, 2.24) is 0 Å². The summed E-state index contributed by atoms with van der Waals surface area (Å²) in [6, 6.07) is 6.78. The van der Waals surface area contributed by atoms with E-state index in [0.717, 1.165) is 0 Å². The number of carbonyl (C=O) groups is 2. The first-order valence-electron chi connectivity index (χ1n) is 4.40. The van der Waals surface area contributed by atoms with Crippen molar-refractivity contribution in [3.8, 4) is 0 Å². The second kappa shape index (κ2) is 5.26. The number of hydrogen-bond acceptors (Lipinski definition) is 4. The van der Waals surface area contributed by atoms with Crippen LogP contribution in [0.2, 0.25) is 0 Å². The Kier molecular flexibility index (Phi) is 4.00. The number of methoxy groups -OCH3 is 2. The quantitative estimate of drug-likeness (QED) is 0.423. The van der Waals surface area contributed by atoms with Gasteiger partial charge < -0.3 is 9.47 Å². The Balaban J connectivity index is 3.02. The van der Waals surface area contributed by atoms with Gasteiger partial charge in [-0.05, 0) is 5.56 Å². The molecule has 0 atom stereocenters. The van der Waals surface area contributed by atoms with Crippen LogP contribution in [-0.4, -0.2) is 26.0 Å². The number of carbonyl (C=O) groups excluding carboxylic acids is 2. The van der Waals surface area contributed by atoms with E-state index in [2.05, 4.69) is 4.74 Å². The molecule has 15 heavy (non-hydrogen) atoms. The number of ether oxygens (including phenoxy) is 2. The zero-order valence-electron chi connectivity index (χ0n) is 8.65. The normalized spacial score (nSPS) is 9.73. The van der Waals surface area contributed by atoms with E-state index < -0.39 is 11.8 Å². The first-order chi connectivity index (χ1) is 7.20. The molecule has 4 nitrogen and oxygen atoms in total. The summed E-state index contributed by atoms with van der Waals surface area (Å²) in [5.74, 6) is -1.51. The van der Waals surface area contributed by atoms with Gasteiger partial charge in [-0.15, -0.1) is 0 Å². The first-order valence-corrected chi connectivity index (χ1v) is 4.40. The number of rotatable bonds is 4. The van der Waals surface area contributed by atoms with Crippen LogP contribution in [-0.2, 0) is 20.9 Å². The maximum absolute atomic E-state index is 11.5. The predicted octanol–water partition coefficient (Wildman–Crippen LogP) is 1.19. The zero-order chi connectivity index (χ0) is 11.3. The molecule has 0 radical (unpaired) electrons. The highest BCUT2D eigenvalue weighted by Gasteiger charge is 2.19. The molecule has 1 rings (SSSR count). The van der Waals surface area contributed by atoms with E-state index in [0.29, 0.717) is 17.7 Å². The van der Waals surface area contributed by atoms with Crippen LogP contribution in [0.3, 0.4) is 0 Å². The Bertz CT molecular complexity index is 371. The Hall–Kier alpha value is -1.68. The summed E-state index contributed by atoms with van der Waals surface area (Å²) in [7, 11) is 2.71. The topological polar surface area (TPSA) is 52.6 Å². The van der Waals surface area contributed by atoms with E-state index in [-0.39, 0.29) is 0 Å². The van der Waals surface area contributed by atoms with Crippen molar-refractivity contribution >= 4 is 11.8 Å². The van der Waals surface area contributed by atoms with Crippen molar-refractivity contribution in [2.45, 2.75) is 6.61 Å². The highest BCUT2D eigenvalue weighted by Crippen LogP contribution is 2.11. The maximum atomic E-state index is 11.5. The number of benzene rings is 1. The minimum absolute atomic E-state index is 0.291. The fourth-order valence-corrected chi connectivity index (χ4v) is 1.23. The molecule has 1 aromatic rings. The summed E-state index contributed by atoms with van der Waals surface area (Å²) >= 11 is 0. The molecule has 4 heteroatoms. The van der Waals surface area contributed by atoms with Crippen LogP contribution < -0.4 is 0 Å². The average Bonchev–Trinajstić information content (AvgIpc) is 2.28. The third kappa shape index (κ3) is 2.63. The minimum Gasteiger partial charge on any atom is -0.463 e. The molecule has 0 aliphatic carbocycles. The molecule has 0 fully saturated rings. The third-order valence-corrected chi connectivity index (χ3v) is 1.93. The average molecular weight is 208 g/mol. The third-order valence-electron chi connectivity index (χ3n) is 1.93. The lowest BCUT2D eigenvalue weighted by molar-refractivity contribution is -0.135. The number of Topliss-reactive ketones (excluding diaryl/α,β-unsaturated/α-hetero) is 1. The summed E-state index contributed by atoms with van der Waals surface area (Å²) in [5, 5.41) is 0. The Morgan fingerprint density at radius 1 is 1.20 bits per heavy atom. The monoisotopic (exact) mass is 208 g/mol. The smallest absolute Gasteiger partial charge is 0.379 e. The van der Waals surface area contributed by atoms with E-state index in [9.17, 15) is 9.59 Å². The predicted molar refractivity (Wildman–Crippen MR) is 53.5 cm³/mol. The second-order valence-corrected chi connectivity index (χ2v) is 2.91. The van der Waals surface area contributed by atoms with Crippen molar-refractivity contribution in [1.29, 1.82) is 0 Å². The van der Waals surface area contributed by atoms with Crippen LogP contribution in [0.5, 0.6) is 0 Å². The molecule has 0 saturated carbocycles. The summed E-state index contributed by atoms with van der Waals surface area (Å²) in [5.41, 5.74) is 1.00. The van der Waals surface area contributed by atoms with Crippen LogP contribution in [0.15, 0.2) is 24.3 Å². The van der Waals surface area contributed by atoms with E-state index in [1.165, 1.54) is 14.2 Å². The van der Waals surface area contributed by atoms with E-state index in [1.54, 1.807) is 24.3 Å². The van der Waals surface area contributed by atoms with Gasteiger partial charge in [0, 0.05) is 12.7 Å². The largest absolute Gasteiger partial charge is 0.463 e. The standard InChI is InChI=1S/C11H12O4/c1-14-7-8-5-3-4-6-9(8)10(12)11(13)15-2/h3-6H,7H2,1-2H3. The fraction of sp³-hybridized carbons (Fsp3) is 0.273. The van der Waals surface area contributed by atoms with Gasteiger partial charge in [0.1, 0.15) is 0 Å². The van der Waals surface area contributed by atoms with E-state index >= 15 is 0 Å². The summed E-state index contributed by atoms with van der Waals surface area (Å²) in [6.07, 6.45) is 0. The van der Waals surface area contributed by atoms with Gasteiger partial charge in [-0.3, -0.25) is 4.79 Å². The second-order valence-electron chi connectivity index (χ2n) is 2.91. The summed E-state index contributed by atoms with van der Waals surface area (Å²) in [4.78, 5) is 22.6. The lowest BCUT2D eigenvalue weighted by Gasteiger charge is -2.05. The Labute approximate surface area is 87.8 Å². The highest BCUT2D eigenvalue weighted by molar-refractivity contribution is 6.40. The van der Waals surface area contributed by atoms with Crippen molar-refractivity contribution in [2.75, 3.05) is 14.2 Å². The van der Waals surface area contributed by atoms with Crippen molar-refractivity contribution in [3.05, 3.63) is 35.4 Å². The first kappa shape index (κ1) is 11.4. The van der Waals surface area contributed by atoms with Gasteiger partial charge in [-0.1, -0.05) is 24.3 Å². The van der Waals surface area contributed by atoms with Gasteiger partial charge >= 0.3 is 5.97 Å².